The van der Waals surface area contributed by atoms with Crippen LogP contribution in [0.5, 0.6) is 0 Å². The molecular weight excluding hydrogens is 292 g/mol. The number of benzene rings is 1. The van der Waals surface area contributed by atoms with E-state index in [1.165, 1.54) is 16.5 Å². The van der Waals surface area contributed by atoms with Gasteiger partial charge in [0.25, 0.3) is 5.91 Å². The van der Waals surface area contributed by atoms with Gasteiger partial charge in [0.05, 0.1) is 26.4 Å². The summed E-state index contributed by atoms with van der Waals surface area (Å²) in [5, 5.41) is 4.05. The molecule has 0 bridgehead atoms. The lowest BCUT2D eigenvalue weighted by molar-refractivity contribution is -0.147. The fraction of sp³-hybridized carbons (Fsp3) is 0.500. The summed E-state index contributed by atoms with van der Waals surface area (Å²) in [4.78, 5) is 15.3. The fourth-order valence-corrected chi connectivity index (χ4v) is 2.49. The molecule has 1 aromatic carbocycles. The molecule has 0 saturated carbocycles. The van der Waals surface area contributed by atoms with Crippen LogP contribution in [-0.2, 0) is 20.8 Å². The summed E-state index contributed by atoms with van der Waals surface area (Å²) < 4.78 is 10.6. The first kappa shape index (κ1) is 17.5. The number of rotatable bonds is 3. The van der Waals surface area contributed by atoms with E-state index in [0.29, 0.717) is 26.4 Å². The number of ether oxygens (including phenoxy) is 2. The minimum Gasteiger partial charge on any atom is -0.376 e. The number of carbonyl (C=O) groups excluding carboxylic acids is 1. The fourth-order valence-electron chi connectivity index (χ4n) is 2.49. The van der Waals surface area contributed by atoms with Gasteiger partial charge in [-0.05, 0) is 48.6 Å². The van der Waals surface area contributed by atoms with Gasteiger partial charge in [0.15, 0.2) is 6.10 Å². The van der Waals surface area contributed by atoms with E-state index in [1.54, 1.807) is 0 Å². The average Bonchev–Trinajstić information content (AvgIpc) is 2.97. The highest BCUT2D eigenvalue weighted by atomic mass is 16.6. The third-order valence-electron chi connectivity index (χ3n) is 3.85. The first-order valence-corrected chi connectivity index (χ1v) is 8.19. The minimum atomic E-state index is -0.493. The predicted molar refractivity (Wildman–Crippen MR) is 91.5 cm³/mol. The van der Waals surface area contributed by atoms with Crippen molar-refractivity contribution in [2.45, 2.75) is 40.3 Å². The van der Waals surface area contributed by atoms with Crippen molar-refractivity contribution < 1.29 is 14.3 Å². The van der Waals surface area contributed by atoms with Gasteiger partial charge >= 0.3 is 0 Å². The number of H-pyrrole nitrogens is 1. The minimum absolute atomic E-state index is 0.124. The summed E-state index contributed by atoms with van der Waals surface area (Å²) in [6, 6.07) is 6.36. The number of aromatic nitrogens is 1. The third kappa shape index (κ3) is 4.33. The zero-order valence-electron chi connectivity index (χ0n) is 14.4. The van der Waals surface area contributed by atoms with Crippen LogP contribution in [-0.4, -0.2) is 36.8 Å². The first-order chi connectivity index (χ1) is 11.1. The maximum absolute atomic E-state index is 12.0. The van der Waals surface area contributed by atoms with Gasteiger partial charge in [0.2, 0.25) is 0 Å². The molecule has 126 valence electrons. The highest BCUT2D eigenvalue weighted by Crippen LogP contribution is 2.20. The number of nitrogens with one attached hydrogen (secondary N) is 2. The predicted octanol–water partition coefficient (Wildman–Crippen LogP) is 2.84. The van der Waals surface area contributed by atoms with E-state index in [9.17, 15) is 4.79 Å². The molecule has 1 amide bonds. The maximum Gasteiger partial charge on any atom is 0.251 e. The van der Waals surface area contributed by atoms with Gasteiger partial charge in [-0.3, -0.25) is 4.79 Å². The molecule has 1 aromatic heterocycles. The van der Waals surface area contributed by atoms with Crippen molar-refractivity contribution in [1.82, 2.24) is 10.3 Å². The highest BCUT2D eigenvalue weighted by Gasteiger charge is 2.22. The van der Waals surface area contributed by atoms with E-state index in [1.807, 2.05) is 13.8 Å². The molecule has 0 spiro atoms. The summed E-state index contributed by atoms with van der Waals surface area (Å²) in [7, 11) is 0. The third-order valence-corrected chi connectivity index (χ3v) is 3.85. The second kappa shape index (κ2) is 8.13. The van der Waals surface area contributed by atoms with Crippen LogP contribution in [0.15, 0.2) is 18.2 Å². The summed E-state index contributed by atoms with van der Waals surface area (Å²) in [5.74, 6) is -0.124. The van der Waals surface area contributed by atoms with Crippen molar-refractivity contribution in [3.05, 3.63) is 35.0 Å². The van der Waals surface area contributed by atoms with Gasteiger partial charge in [-0.1, -0.05) is 13.8 Å². The Hall–Kier alpha value is -1.85. The molecule has 1 atom stereocenters. The van der Waals surface area contributed by atoms with Crippen LogP contribution in [0.25, 0.3) is 10.9 Å². The van der Waals surface area contributed by atoms with Crippen LogP contribution in [0.2, 0.25) is 0 Å². The van der Waals surface area contributed by atoms with Gasteiger partial charge < -0.3 is 19.8 Å². The molecule has 2 heterocycles. The van der Waals surface area contributed by atoms with E-state index in [-0.39, 0.29) is 5.91 Å². The molecule has 0 radical (unpaired) electrons. The number of amides is 1. The van der Waals surface area contributed by atoms with Crippen molar-refractivity contribution in [3.63, 3.8) is 0 Å². The molecule has 2 N–H and O–H groups in total. The summed E-state index contributed by atoms with van der Waals surface area (Å²) in [5.41, 5.74) is 4.61. The monoisotopic (exact) mass is 318 g/mol. The maximum atomic E-state index is 12.0. The second-order valence-electron chi connectivity index (χ2n) is 5.47. The van der Waals surface area contributed by atoms with Gasteiger partial charge in [-0.25, -0.2) is 0 Å². The second-order valence-corrected chi connectivity index (χ2v) is 5.47. The average molecular weight is 318 g/mol. The smallest absolute Gasteiger partial charge is 0.251 e. The molecule has 0 aliphatic carbocycles. The number of aromatic amines is 1. The molecule has 5 heteroatoms. The molecule has 1 unspecified atom stereocenters. The molecule has 23 heavy (non-hydrogen) atoms. The first-order valence-electron chi connectivity index (χ1n) is 8.19. The normalized spacial score (nSPS) is 17.5. The number of aryl methyl sites for hydroxylation is 2. The summed E-state index contributed by atoms with van der Waals surface area (Å²) >= 11 is 0. The van der Waals surface area contributed by atoms with Crippen LogP contribution in [0, 0.1) is 13.8 Å². The van der Waals surface area contributed by atoms with Crippen molar-refractivity contribution >= 4 is 16.8 Å². The standard InChI is InChI=1S/C16H20N2O3.C2H6/c1-10-5-12-7-13(18-14(12)6-11(10)2)8-17-16(19)15-9-20-3-4-21-15;1-2/h5-7,15,18H,3-4,8-9H2,1-2H3,(H,17,19);1-2H3. The Bertz CT molecular complexity index is 619. The van der Waals surface area contributed by atoms with E-state index < -0.39 is 6.10 Å². The van der Waals surface area contributed by atoms with Crippen LogP contribution in [0.1, 0.15) is 30.7 Å². The Morgan fingerprint density at radius 3 is 2.65 bits per heavy atom. The van der Waals surface area contributed by atoms with Crippen molar-refractivity contribution in [1.29, 1.82) is 0 Å². The Balaban J connectivity index is 0.000000924. The molecule has 1 fully saturated rings. The molecule has 1 aliphatic heterocycles. The molecule has 2 aromatic rings. The topological polar surface area (TPSA) is 63.4 Å². The van der Waals surface area contributed by atoms with Crippen LogP contribution in [0.4, 0.5) is 0 Å². The quantitative estimate of drug-likeness (QED) is 0.914. The SMILES string of the molecule is CC.Cc1cc2cc(CNC(=O)C3COCCO3)[nH]c2cc1C. The zero-order chi connectivity index (χ0) is 16.8. The lowest BCUT2D eigenvalue weighted by Crippen LogP contribution is -2.42. The molecule has 1 aliphatic rings. The summed E-state index contributed by atoms with van der Waals surface area (Å²) in [6.07, 6.45) is -0.493. The highest BCUT2D eigenvalue weighted by molar-refractivity contribution is 5.83. The Morgan fingerprint density at radius 1 is 1.22 bits per heavy atom. The summed E-state index contributed by atoms with van der Waals surface area (Å²) in [6.45, 7) is 10.0. The van der Waals surface area contributed by atoms with E-state index in [0.717, 1.165) is 11.2 Å². The number of hydrogen-bond acceptors (Lipinski definition) is 3. The van der Waals surface area contributed by atoms with Gasteiger partial charge in [0.1, 0.15) is 0 Å². The lowest BCUT2D eigenvalue weighted by atomic mass is 10.1. The van der Waals surface area contributed by atoms with Gasteiger partial charge in [0, 0.05) is 11.2 Å². The Kier molecular flexibility index (Phi) is 6.19. The van der Waals surface area contributed by atoms with Gasteiger partial charge in [-0.2, -0.15) is 0 Å². The molecule has 3 rings (SSSR count). The van der Waals surface area contributed by atoms with E-state index in [4.69, 9.17) is 9.47 Å². The van der Waals surface area contributed by atoms with Crippen LogP contribution >= 0.6 is 0 Å². The largest absolute Gasteiger partial charge is 0.376 e. The van der Waals surface area contributed by atoms with Crippen molar-refractivity contribution in [3.8, 4) is 0 Å². The van der Waals surface area contributed by atoms with Crippen molar-refractivity contribution in [2.24, 2.45) is 0 Å². The van der Waals surface area contributed by atoms with E-state index >= 15 is 0 Å². The number of fused-ring (bicyclic) bond motifs is 1. The van der Waals surface area contributed by atoms with Crippen LogP contribution < -0.4 is 5.32 Å². The molecule has 1 saturated heterocycles. The Morgan fingerprint density at radius 2 is 1.96 bits per heavy atom. The van der Waals surface area contributed by atoms with Gasteiger partial charge in [-0.15, -0.1) is 0 Å². The van der Waals surface area contributed by atoms with Crippen molar-refractivity contribution in [2.75, 3.05) is 19.8 Å². The Labute approximate surface area is 137 Å². The van der Waals surface area contributed by atoms with Crippen LogP contribution in [0.3, 0.4) is 0 Å². The van der Waals surface area contributed by atoms with E-state index in [2.05, 4.69) is 42.3 Å². The number of carbonyl (C=O) groups is 1. The lowest BCUT2D eigenvalue weighted by Gasteiger charge is -2.21. The zero-order valence-corrected chi connectivity index (χ0v) is 14.4. The molecule has 5 nitrogen and oxygen atoms in total. The number of hydrogen-bond donors (Lipinski definition) is 2. The molecular formula is C18H26N2O3.